The molecule has 2 fully saturated rings. The van der Waals surface area contributed by atoms with Gasteiger partial charge in [-0.1, -0.05) is 0 Å². The third kappa shape index (κ3) is 4.72. The van der Waals surface area contributed by atoms with Crippen molar-refractivity contribution in [1.82, 2.24) is 14.8 Å². The number of carbonyl (C=O) groups is 1. The van der Waals surface area contributed by atoms with Gasteiger partial charge < -0.3 is 19.5 Å². The van der Waals surface area contributed by atoms with Crippen molar-refractivity contribution in [3.63, 3.8) is 0 Å². The molecule has 3 heterocycles. The maximum absolute atomic E-state index is 12.7. The van der Waals surface area contributed by atoms with E-state index in [0.717, 1.165) is 38.1 Å². The predicted octanol–water partition coefficient (Wildman–Crippen LogP) is 0.925. The average Bonchev–Trinajstić information content (AvgIpc) is 2.66. The maximum atomic E-state index is 12.7. The van der Waals surface area contributed by atoms with Gasteiger partial charge in [0.25, 0.3) is 5.91 Å². The van der Waals surface area contributed by atoms with Gasteiger partial charge in [0.05, 0.1) is 12.8 Å². The van der Waals surface area contributed by atoms with Crippen LogP contribution in [-0.4, -0.2) is 83.9 Å². The first-order chi connectivity index (χ1) is 12.6. The highest BCUT2D eigenvalue weighted by Gasteiger charge is 2.43. The number of piperidine rings is 2. The van der Waals surface area contributed by atoms with E-state index in [1.165, 1.54) is 0 Å². The third-order valence-electron chi connectivity index (χ3n) is 5.23. The summed E-state index contributed by atoms with van der Waals surface area (Å²) in [5.74, 6) is 0.635. The Morgan fingerprint density at radius 3 is 2.85 bits per heavy atom. The topological polar surface area (TPSA) is 75.1 Å². The number of β-amino-alcohol motifs (C(OH)–C–C–N with tert-alkyl or cyclic N) is 1. The molecule has 2 saturated heterocycles. The Morgan fingerprint density at radius 2 is 2.15 bits per heavy atom. The zero-order valence-electron chi connectivity index (χ0n) is 15.5. The molecule has 1 N–H and O–H groups in total. The molecule has 7 heteroatoms. The Labute approximate surface area is 154 Å². The van der Waals surface area contributed by atoms with E-state index in [0.29, 0.717) is 32.7 Å². The number of likely N-dealkylation sites (tertiary alicyclic amines) is 2. The lowest BCUT2D eigenvalue weighted by molar-refractivity contribution is -0.160. The monoisotopic (exact) mass is 363 g/mol. The van der Waals surface area contributed by atoms with Crippen LogP contribution in [0.15, 0.2) is 24.5 Å². The van der Waals surface area contributed by atoms with Crippen LogP contribution in [0.3, 0.4) is 0 Å². The summed E-state index contributed by atoms with van der Waals surface area (Å²) in [6.07, 6.45) is 6.73. The summed E-state index contributed by atoms with van der Waals surface area (Å²) >= 11 is 0. The third-order valence-corrected chi connectivity index (χ3v) is 5.23. The zero-order valence-corrected chi connectivity index (χ0v) is 15.5. The summed E-state index contributed by atoms with van der Waals surface area (Å²) in [6, 6.07) is 3.78. The van der Waals surface area contributed by atoms with Crippen LogP contribution in [0, 0.1) is 0 Å². The molecule has 0 aliphatic carbocycles. The van der Waals surface area contributed by atoms with Crippen molar-refractivity contribution in [1.29, 1.82) is 0 Å². The van der Waals surface area contributed by atoms with Crippen LogP contribution in [0.2, 0.25) is 0 Å². The molecule has 2 aliphatic heterocycles. The number of amides is 1. The van der Waals surface area contributed by atoms with Crippen molar-refractivity contribution in [3.05, 3.63) is 24.5 Å². The number of ether oxygens (including phenoxy) is 2. The summed E-state index contributed by atoms with van der Waals surface area (Å²) in [4.78, 5) is 20.7. The minimum atomic E-state index is -1.27. The fourth-order valence-corrected chi connectivity index (χ4v) is 3.79. The second-order valence-corrected chi connectivity index (χ2v) is 7.20. The SMILES string of the molecule is COCCN1CCC[C@](O)(CN2CCC(Oc3cccnc3)CC2)C1=O. The number of hydrogen-bond donors (Lipinski definition) is 1. The predicted molar refractivity (Wildman–Crippen MR) is 97.0 cm³/mol. The number of aromatic nitrogens is 1. The number of methoxy groups -OCH3 is 1. The molecule has 3 rings (SSSR count). The van der Waals surface area contributed by atoms with E-state index in [1.54, 1.807) is 24.4 Å². The van der Waals surface area contributed by atoms with Gasteiger partial charge in [-0.05, 0) is 37.8 Å². The number of pyridine rings is 1. The van der Waals surface area contributed by atoms with E-state index in [9.17, 15) is 9.90 Å². The highest BCUT2D eigenvalue weighted by molar-refractivity contribution is 5.86. The van der Waals surface area contributed by atoms with Gasteiger partial charge in [0, 0.05) is 46.0 Å². The highest BCUT2D eigenvalue weighted by Crippen LogP contribution is 2.26. The Morgan fingerprint density at radius 1 is 1.35 bits per heavy atom. The first-order valence-corrected chi connectivity index (χ1v) is 9.40. The van der Waals surface area contributed by atoms with Crippen molar-refractivity contribution in [2.75, 3.05) is 46.4 Å². The number of carbonyl (C=O) groups excluding carboxylic acids is 1. The number of nitrogens with zero attached hydrogens (tertiary/aromatic N) is 3. The molecule has 2 aliphatic rings. The van der Waals surface area contributed by atoms with Gasteiger partial charge in [0.2, 0.25) is 0 Å². The van der Waals surface area contributed by atoms with E-state index >= 15 is 0 Å². The highest BCUT2D eigenvalue weighted by atomic mass is 16.5. The standard InChI is InChI=1S/C19H29N3O4/c1-25-13-12-22-9-3-7-19(24,18(22)23)15-21-10-5-16(6-11-21)26-17-4-2-8-20-14-17/h2,4,8,14,16,24H,3,5-7,9-13,15H2,1H3/t19-/m0/s1. The molecule has 26 heavy (non-hydrogen) atoms. The van der Waals surface area contributed by atoms with E-state index in [2.05, 4.69) is 9.88 Å². The van der Waals surface area contributed by atoms with Gasteiger partial charge >= 0.3 is 0 Å². The zero-order chi connectivity index (χ0) is 18.4. The van der Waals surface area contributed by atoms with Crippen LogP contribution in [0.4, 0.5) is 0 Å². The van der Waals surface area contributed by atoms with Crippen molar-refractivity contribution < 1.29 is 19.4 Å². The van der Waals surface area contributed by atoms with Crippen molar-refractivity contribution >= 4 is 5.91 Å². The summed E-state index contributed by atoms with van der Waals surface area (Å²) in [5, 5.41) is 10.9. The van der Waals surface area contributed by atoms with Crippen molar-refractivity contribution in [2.24, 2.45) is 0 Å². The van der Waals surface area contributed by atoms with Crippen LogP contribution in [0.5, 0.6) is 5.75 Å². The summed E-state index contributed by atoms with van der Waals surface area (Å²) in [5.41, 5.74) is -1.27. The van der Waals surface area contributed by atoms with Gasteiger partial charge in [-0.25, -0.2) is 0 Å². The molecular formula is C19H29N3O4. The molecule has 1 aromatic heterocycles. The van der Waals surface area contributed by atoms with Gasteiger partial charge in [-0.2, -0.15) is 0 Å². The van der Waals surface area contributed by atoms with Gasteiger partial charge in [-0.3, -0.25) is 14.7 Å². The molecule has 0 saturated carbocycles. The van der Waals surface area contributed by atoms with Crippen molar-refractivity contribution in [2.45, 2.75) is 37.4 Å². The first kappa shape index (κ1) is 19.1. The lowest BCUT2D eigenvalue weighted by Gasteiger charge is -2.42. The Balaban J connectivity index is 1.49. The fourth-order valence-electron chi connectivity index (χ4n) is 3.79. The molecule has 0 bridgehead atoms. The minimum absolute atomic E-state index is 0.158. The minimum Gasteiger partial charge on any atom is -0.489 e. The van der Waals surface area contributed by atoms with Crippen molar-refractivity contribution in [3.8, 4) is 5.75 Å². The summed E-state index contributed by atoms with van der Waals surface area (Å²) in [6.45, 7) is 3.77. The van der Waals surface area contributed by atoms with Crippen LogP contribution >= 0.6 is 0 Å². The van der Waals surface area contributed by atoms with Gasteiger partial charge in [0.1, 0.15) is 11.9 Å². The second-order valence-electron chi connectivity index (χ2n) is 7.20. The quantitative estimate of drug-likeness (QED) is 0.777. The molecule has 1 atom stereocenters. The summed E-state index contributed by atoms with van der Waals surface area (Å²) in [7, 11) is 1.62. The Kier molecular flexibility index (Phi) is 6.45. The molecule has 1 aromatic rings. The number of rotatable bonds is 7. The lowest BCUT2D eigenvalue weighted by Crippen LogP contribution is -2.59. The largest absolute Gasteiger partial charge is 0.489 e. The van der Waals surface area contributed by atoms with Gasteiger partial charge in [-0.15, -0.1) is 0 Å². The van der Waals surface area contributed by atoms with E-state index < -0.39 is 5.60 Å². The Hall–Kier alpha value is -1.70. The van der Waals surface area contributed by atoms with Crippen LogP contribution in [0.25, 0.3) is 0 Å². The number of hydrogen-bond acceptors (Lipinski definition) is 6. The molecule has 7 nitrogen and oxygen atoms in total. The molecule has 0 unspecified atom stereocenters. The molecule has 0 aromatic carbocycles. The van der Waals surface area contributed by atoms with E-state index in [-0.39, 0.29) is 12.0 Å². The van der Waals surface area contributed by atoms with Crippen LogP contribution in [0.1, 0.15) is 25.7 Å². The lowest BCUT2D eigenvalue weighted by atomic mass is 9.90. The van der Waals surface area contributed by atoms with Crippen LogP contribution in [-0.2, 0) is 9.53 Å². The number of aliphatic hydroxyl groups is 1. The molecule has 144 valence electrons. The summed E-state index contributed by atoms with van der Waals surface area (Å²) < 4.78 is 11.0. The first-order valence-electron chi connectivity index (χ1n) is 9.40. The normalized spacial score (nSPS) is 25.5. The van der Waals surface area contributed by atoms with Gasteiger partial charge in [0.15, 0.2) is 5.60 Å². The second kappa shape index (κ2) is 8.79. The molecule has 0 radical (unpaired) electrons. The Bertz CT molecular complexity index is 577. The smallest absolute Gasteiger partial charge is 0.255 e. The van der Waals surface area contributed by atoms with Crippen LogP contribution < -0.4 is 4.74 Å². The molecule has 1 amide bonds. The molecular weight excluding hydrogens is 334 g/mol. The van der Waals surface area contributed by atoms with E-state index in [1.807, 2.05) is 12.1 Å². The van der Waals surface area contributed by atoms with E-state index in [4.69, 9.17) is 9.47 Å². The average molecular weight is 363 g/mol. The maximum Gasteiger partial charge on any atom is 0.255 e. The fraction of sp³-hybridized carbons (Fsp3) is 0.684. The molecule has 0 spiro atoms.